The lowest BCUT2D eigenvalue weighted by atomic mass is 10.0. The summed E-state index contributed by atoms with van der Waals surface area (Å²) in [5, 5.41) is 6.00. The summed E-state index contributed by atoms with van der Waals surface area (Å²) < 4.78 is 5.91. The van der Waals surface area contributed by atoms with Crippen LogP contribution in [0.15, 0.2) is 36.4 Å². The van der Waals surface area contributed by atoms with Gasteiger partial charge in [-0.25, -0.2) is 0 Å². The highest BCUT2D eigenvalue weighted by Crippen LogP contribution is 2.38. The Morgan fingerprint density at radius 1 is 1.09 bits per heavy atom. The summed E-state index contributed by atoms with van der Waals surface area (Å²) in [6.07, 6.45) is 4.21. The Labute approximate surface area is 194 Å². The number of nitrogens with zero attached hydrogens (tertiary/aromatic N) is 1. The predicted octanol–water partition coefficient (Wildman–Crippen LogP) is 4.12. The monoisotopic (exact) mass is 449 g/mol. The van der Waals surface area contributed by atoms with Gasteiger partial charge in [-0.1, -0.05) is 31.0 Å². The van der Waals surface area contributed by atoms with Gasteiger partial charge in [0.15, 0.2) is 5.60 Å². The fourth-order valence-corrected chi connectivity index (χ4v) is 4.54. The first-order chi connectivity index (χ1) is 15.7. The van der Waals surface area contributed by atoms with Crippen LogP contribution in [0.2, 0.25) is 0 Å². The quantitative estimate of drug-likeness (QED) is 0.719. The molecule has 2 aromatic rings. The van der Waals surface area contributed by atoms with Crippen LogP contribution in [0.5, 0.6) is 5.75 Å². The van der Waals surface area contributed by atoms with Crippen LogP contribution in [0.3, 0.4) is 0 Å². The molecule has 0 radical (unpaired) electrons. The Morgan fingerprint density at radius 3 is 2.42 bits per heavy atom. The fourth-order valence-electron chi connectivity index (χ4n) is 4.54. The third-order valence-corrected chi connectivity index (χ3v) is 6.37. The van der Waals surface area contributed by atoms with Gasteiger partial charge >= 0.3 is 0 Å². The number of carbonyl (C=O) groups excluding carboxylic acids is 3. The normalized spacial score (nSPS) is 17.3. The lowest BCUT2D eigenvalue weighted by Crippen LogP contribution is -2.54. The van der Waals surface area contributed by atoms with E-state index in [1.807, 2.05) is 32.0 Å². The van der Waals surface area contributed by atoms with E-state index in [-0.39, 0.29) is 30.3 Å². The van der Waals surface area contributed by atoms with E-state index in [9.17, 15) is 14.4 Å². The van der Waals surface area contributed by atoms with Crippen LogP contribution in [0.25, 0.3) is 0 Å². The van der Waals surface area contributed by atoms with E-state index < -0.39 is 5.60 Å². The largest absolute Gasteiger partial charge is 0.476 e. The number of rotatable bonds is 5. The molecule has 3 amide bonds. The molecule has 174 valence electrons. The van der Waals surface area contributed by atoms with Crippen molar-refractivity contribution >= 4 is 29.1 Å². The van der Waals surface area contributed by atoms with E-state index in [2.05, 4.69) is 10.6 Å². The van der Waals surface area contributed by atoms with Gasteiger partial charge in [-0.05, 0) is 69.9 Å². The van der Waals surface area contributed by atoms with E-state index in [1.54, 1.807) is 32.0 Å². The summed E-state index contributed by atoms with van der Waals surface area (Å²) in [5.74, 6) is -0.357. The minimum absolute atomic E-state index is 0.179. The Bertz CT molecular complexity index is 1080. The molecule has 7 heteroatoms. The van der Waals surface area contributed by atoms with E-state index >= 15 is 0 Å². The number of para-hydroxylation sites is 1. The zero-order valence-corrected chi connectivity index (χ0v) is 19.7. The number of nitrogens with one attached hydrogen (secondary N) is 2. The maximum Gasteiger partial charge on any atom is 0.271 e. The molecule has 0 aromatic heterocycles. The van der Waals surface area contributed by atoms with Crippen LogP contribution in [0.1, 0.15) is 61.0 Å². The molecule has 4 rings (SSSR count). The summed E-state index contributed by atoms with van der Waals surface area (Å²) >= 11 is 0. The van der Waals surface area contributed by atoms with Crippen molar-refractivity contribution in [1.29, 1.82) is 0 Å². The molecule has 1 fully saturated rings. The lowest BCUT2D eigenvalue weighted by Gasteiger charge is -2.38. The Morgan fingerprint density at radius 2 is 1.76 bits per heavy atom. The second-order valence-corrected chi connectivity index (χ2v) is 9.46. The average molecular weight is 450 g/mol. The van der Waals surface area contributed by atoms with Gasteiger partial charge in [-0.15, -0.1) is 0 Å². The molecule has 2 aromatic carbocycles. The highest BCUT2D eigenvalue weighted by molar-refractivity contribution is 6.09. The van der Waals surface area contributed by atoms with Gasteiger partial charge in [-0.3, -0.25) is 19.3 Å². The average Bonchev–Trinajstić information content (AvgIpc) is 3.26. The third-order valence-electron chi connectivity index (χ3n) is 6.37. The van der Waals surface area contributed by atoms with Gasteiger partial charge in [0.25, 0.3) is 11.8 Å². The van der Waals surface area contributed by atoms with E-state index in [0.29, 0.717) is 17.0 Å². The highest BCUT2D eigenvalue weighted by Gasteiger charge is 2.42. The van der Waals surface area contributed by atoms with E-state index in [1.165, 1.54) is 4.90 Å². The van der Waals surface area contributed by atoms with Crippen molar-refractivity contribution in [2.75, 3.05) is 16.8 Å². The molecular formula is C26H31N3O4. The predicted molar refractivity (Wildman–Crippen MR) is 128 cm³/mol. The van der Waals surface area contributed by atoms with Gasteiger partial charge in [0.2, 0.25) is 5.91 Å². The molecule has 2 aliphatic rings. The number of fused-ring (bicyclic) bond motifs is 1. The van der Waals surface area contributed by atoms with Crippen LogP contribution >= 0.6 is 0 Å². The van der Waals surface area contributed by atoms with Crippen molar-refractivity contribution in [3.05, 3.63) is 53.1 Å². The maximum absolute atomic E-state index is 13.2. The molecule has 0 bridgehead atoms. The number of aryl methyl sites for hydroxylation is 2. The fraction of sp³-hybridized carbons (Fsp3) is 0.423. The topological polar surface area (TPSA) is 87.7 Å². The van der Waals surface area contributed by atoms with Crippen LogP contribution in [-0.4, -0.2) is 35.9 Å². The first-order valence-electron chi connectivity index (χ1n) is 11.5. The van der Waals surface area contributed by atoms with Crippen LogP contribution in [0.4, 0.5) is 11.4 Å². The van der Waals surface area contributed by atoms with Crippen molar-refractivity contribution < 1.29 is 19.1 Å². The number of benzene rings is 2. The van der Waals surface area contributed by atoms with Crippen molar-refractivity contribution in [2.45, 2.75) is 65.0 Å². The number of ether oxygens (including phenoxy) is 1. The van der Waals surface area contributed by atoms with Gasteiger partial charge in [0.05, 0.1) is 5.69 Å². The summed E-state index contributed by atoms with van der Waals surface area (Å²) in [4.78, 5) is 40.4. The Kier molecular flexibility index (Phi) is 6.15. The molecule has 0 spiro atoms. The second-order valence-electron chi connectivity index (χ2n) is 9.46. The summed E-state index contributed by atoms with van der Waals surface area (Å²) in [6, 6.07) is 11.0. The van der Waals surface area contributed by atoms with Gasteiger partial charge in [0.1, 0.15) is 12.3 Å². The zero-order chi connectivity index (χ0) is 23.8. The molecule has 0 atom stereocenters. The molecule has 1 aliphatic carbocycles. The Balaban J connectivity index is 1.60. The highest BCUT2D eigenvalue weighted by atomic mass is 16.5. The first kappa shape index (κ1) is 22.8. The van der Waals surface area contributed by atoms with Crippen LogP contribution in [0, 0.1) is 13.8 Å². The number of anilines is 2. The summed E-state index contributed by atoms with van der Waals surface area (Å²) in [5.41, 5.74) is 2.38. The summed E-state index contributed by atoms with van der Waals surface area (Å²) in [7, 11) is 0. The van der Waals surface area contributed by atoms with Crippen molar-refractivity contribution in [1.82, 2.24) is 5.32 Å². The lowest BCUT2D eigenvalue weighted by molar-refractivity contribution is -0.133. The smallest absolute Gasteiger partial charge is 0.271 e. The van der Waals surface area contributed by atoms with E-state index in [0.717, 1.165) is 42.5 Å². The molecule has 33 heavy (non-hydrogen) atoms. The van der Waals surface area contributed by atoms with Crippen molar-refractivity contribution in [3.63, 3.8) is 0 Å². The third kappa shape index (κ3) is 4.72. The maximum atomic E-state index is 13.2. The number of amides is 3. The molecule has 0 saturated heterocycles. The standard InChI is InChI=1S/C26H31N3O4/c1-16-8-7-9-17(2)23(16)28-22(30)15-29-20-14-18(24(31)27-19-10-5-6-11-19)12-13-21(20)33-26(3,4)25(29)32/h7-9,12-14,19H,5-6,10-11,15H2,1-4H3,(H,27,31)(H,28,30). The minimum atomic E-state index is -1.13. The number of hydrogen-bond acceptors (Lipinski definition) is 4. The van der Waals surface area contributed by atoms with E-state index in [4.69, 9.17) is 4.74 Å². The summed E-state index contributed by atoms with van der Waals surface area (Å²) in [6.45, 7) is 7.02. The molecule has 1 saturated carbocycles. The molecule has 7 nitrogen and oxygen atoms in total. The van der Waals surface area contributed by atoms with Gasteiger partial charge < -0.3 is 15.4 Å². The second kappa shape index (κ2) is 8.89. The zero-order valence-electron chi connectivity index (χ0n) is 19.7. The number of hydrogen-bond donors (Lipinski definition) is 2. The van der Waals surface area contributed by atoms with Gasteiger partial charge in [-0.2, -0.15) is 0 Å². The number of carbonyl (C=O) groups is 3. The van der Waals surface area contributed by atoms with Gasteiger partial charge in [0, 0.05) is 17.3 Å². The molecule has 1 aliphatic heterocycles. The first-order valence-corrected chi connectivity index (χ1v) is 11.5. The minimum Gasteiger partial charge on any atom is -0.476 e. The SMILES string of the molecule is Cc1cccc(C)c1NC(=O)CN1C(=O)C(C)(C)Oc2ccc(C(=O)NC3CCCC3)cc21. The molecule has 1 heterocycles. The molecule has 0 unspecified atom stereocenters. The van der Waals surface area contributed by atoms with Crippen molar-refractivity contribution in [2.24, 2.45) is 0 Å². The van der Waals surface area contributed by atoms with Crippen LogP contribution < -0.4 is 20.3 Å². The molecule has 2 N–H and O–H groups in total. The Hall–Kier alpha value is -3.35. The van der Waals surface area contributed by atoms with Crippen LogP contribution in [-0.2, 0) is 9.59 Å². The molecular weight excluding hydrogens is 418 g/mol. The van der Waals surface area contributed by atoms with Crippen molar-refractivity contribution in [3.8, 4) is 5.75 Å².